The summed E-state index contributed by atoms with van der Waals surface area (Å²) in [5.74, 6) is -2.54. The lowest BCUT2D eigenvalue weighted by Crippen LogP contribution is -2.53. The molecule has 0 spiro atoms. The van der Waals surface area contributed by atoms with E-state index in [-0.39, 0.29) is 31.1 Å². The summed E-state index contributed by atoms with van der Waals surface area (Å²) < 4.78 is 36.7. The minimum atomic E-state index is -2.54. The van der Waals surface area contributed by atoms with E-state index in [2.05, 4.69) is 32.0 Å². The highest BCUT2D eigenvalue weighted by Crippen LogP contribution is 2.37. The van der Waals surface area contributed by atoms with E-state index >= 15 is 0 Å². The van der Waals surface area contributed by atoms with Gasteiger partial charge in [0.2, 0.25) is 0 Å². The van der Waals surface area contributed by atoms with Gasteiger partial charge < -0.3 is 9.64 Å². The van der Waals surface area contributed by atoms with Gasteiger partial charge in [-0.3, -0.25) is 4.90 Å². The van der Waals surface area contributed by atoms with E-state index in [1.54, 1.807) is 18.1 Å². The highest BCUT2D eigenvalue weighted by molar-refractivity contribution is 7.98. The number of ether oxygens (including phenoxy) is 1. The maximum atomic E-state index is 14.2. The maximum Gasteiger partial charge on any atom is 0.250 e. The fourth-order valence-electron chi connectivity index (χ4n) is 5.40. The average molecular weight is 452 g/mol. The lowest BCUT2D eigenvalue weighted by atomic mass is 9.97. The van der Waals surface area contributed by atoms with Crippen LogP contribution in [0.3, 0.4) is 0 Å². The van der Waals surface area contributed by atoms with Crippen LogP contribution in [0.4, 0.5) is 8.78 Å². The Morgan fingerprint density at radius 2 is 2.00 bits per heavy atom. The molecule has 2 aromatic heterocycles. The molecule has 5 heterocycles. The van der Waals surface area contributed by atoms with Crippen LogP contribution in [0.15, 0.2) is 23.5 Å². The van der Waals surface area contributed by atoms with E-state index in [1.807, 2.05) is 10.8 Å². The summed E-state index contributed by atoms with van der Waals surface area (Å²) in [6.45, 7) is 4.02. The molecule has 3 saturated heterocycles. The largest absolute Gasteiger partial charge is 0.367 e. The zero-order chi connectivity index (χ0) is 21.4. The van der Waals surface area contributed by atoms with Crippen LogP contribution >= 0.6 is 11.8 Å². The fourth-order valence-corrected chi connectivity index (χ4v) is 5.92. The van der Waals surface area contributed by atoms with Crippen molar-refractivity contribution >= 4 is 17.3 Å². The van der Waals surface area contributed by atoms with Crippen LogP contribution in [0.5, 0.6) is 0 Å². The summed E-state index contributed by atoms with van der Waals surface area (Å²) in [6, 6.07) is 4.04. The zero-order valence-corrected chi connectivity index (χ0v) is 18.9. The van der Waals surface area contributed by atoms with E-state index in [4.69, 9.17) is 4.74 Å². The Bertz CT molecular complexity index is 903. The molecule has 3 atom stereocenters. The smallest absolute Gasteiger partial charge is 0.250 e. The van der Waals surface area contributed by atoms with Crippen molar-refractivity contribution in [1.82, 2.24) is 24.4 Å². The molecule has 0 saturated carbocycles. The minimum absolute atomic E-state index is 0.0135. The number of hydrogen-bond acceptors (Lipinski definition) is 6. The van der Waals surface area contributed by atoms with Gasteiger partial charge in [0.05, 0.1) is 17.3 Å². The van der Waals surface area contributed by atoms with E-state index in [0.29, 0.717) is 6.54 Å². The first-order chi connectivity index (χ1) is 15.0. The summed E-state index contributed by atoms with van der Waals surface area (Å²) in [7, 11) is 0. The van der Waals surface area contributed by atoms with Crippen LogP contribution < -0.4 is 0 Å². The van der Waals surface area contributed by atoms with Gasteiger partial charge in [0.25, 0.3) is 5.92 Å². The monoisotopic (exact) mass is 451 g/mol. The molecule has 3 fully saturated rings. The van der Waals surface area contributed by atoms with Gasteiger partial charge in [0.15, 0.2) is 0 Å². The lowest BCUT2D eigenvalue weighted by molar-refractivity contribution is -0.0931. The molecule has 0 amide bonds. The van der Waals surface area contributed by atoms with Crippen molar-refractivity contribution in [3.8, 4) is 0 Å². The molecule has 0 aliphatic carbocycles. The van der Waals surface area contributed by atoms with E-state index in [0.717, 1.165) is 55.3 Å². The number of likely N-dealkylation sites (tertiary alicyclic amines) is 2. The molecule has 0 aromatic carbocycles. The Kier molecular flexibility index (Phi) is 6.20. The molecule has 6 nitrogen and oxygen atoms in total. The molecule has 5 rings (SSSR count). The third-order valence-electron chi connectivity index (χ3n) is 7.00. The predicted octanol–water partition coefficient (Wildman–Crippen LogP) is 3.87. The second-order valence-electron chi connectivity index (χ2n) is 9.12. The van der Waals surface area contributed by atoms with Crippen molar-refractivity contribution in [2.75, 3.05) is 39.0 Å². The predicted molar refractivity (Wildman–Crippen MR) is 117 cm³/mol. The molecule has 0 radical (unpaired) electrons. The average Bonchev–Trinajstić information content (AvgIpc) is 3.50. The minimum Gasteiger partial charge on any atom is -0.367 e. The Hall–Kier alpha value is -1.29. The molecule has 3 aliphatic rings. The number of fused-ring (bicyclic) bond motifs is 1. The van der Waals surface area contributed by atoms with E-state index in [1.165, 1.54) is 12.8 Å². The van der Waals surface area contributed by atoms with Gasteiger partial charge in [-0.25, -0.2) is 18.3 Å². The third kappa shape index (κ3) is 4.60. The normalized spacial score (nSPS) is 29.8. The lowest BCUT2D eigenvalue weighted by Gasteiger charge is -2.41. The summed E-state index contributed by atoms with van der Waals surface area (Å²) in [5.41, 5.74) is 2.05. The number of alkyl halides is 2. The van der Waals surface area contributed by atoms with Crippen molar-refractivity contribution in [1.29, 1.82) is 0 Å². The highest BCUT2D eigenvalue weighted by atomic mass is 32.2. The van der Waals surface area contributed by atoms with Crippen LogP contribution in [0.1, 0.15) is 50.3 Å². The molecule has 3 aliphatic heterocycles. The molecule has 9 heteroatoms. The number of thioether (sulfide) groups is 1. The standard InChI is InChI=1S/C22H31F2N5OS/c1-31-21-19-6-5-18(29(19)26-15-25-21)20-7-4-17(30-20)14-28-11-8-22(23,24)12-16(28)13-27-9-2-3-10-27/h5-6,15-17,20H,2-4,7-14H2,1H3/t16-,17?,20+/m0/s1. The van der Waals surface area contributed by atoms with Crippen molar-refractivity contribution < 1.29 is 13.5 Å². The number of hydrogen-bond donors (Lipinski definition) is 0. The van der Waals surface area contributed by atoms with Crippen LogP contribution in [0.2, 0.25) is 0 Å². The number of aromatic nitrogens is 3. The summed E-state index contributed by atoms with van der Waals surface area (Å²) in [6.07, 6.45) is 7.83. The second kappa shape index (κ2) is 8.92. The van der Waals surface area contributed by atoms with Crippen LogP contribution in [-0.2, 0) is 4.74 Å². The van der Waals surface area contributed by atoms with Crippen LogP contribution in [0, 0.1) is 0 Å². The molecule has 0 N–H and O–H groups in total. The van der Waals surface area contributed by atoms with Gasteiger partial charge in [0.1, 0.15) is 17.5 Å². The van der Waals surface area contributed by atoms with Gasteiger partial charge in [-0.15, -0.1) is 11.8 Å². The van der Waals surface area contributed by atoms with Gasteiger partial charge in [-0.05, 0) is 57.2 Å². The number of piperidine rings is 1. The van der Waals surface area contributed by atoms with Crippen molar-refractivity contribution in [3.05, 3.63) is 24.2 Å². The van der Waals surface area contributed by atoms with Gasteiger partial charge in [-0.1, -0.05) is 0 Å². The summed E-state index contributed by atoms with van der Waals surface area (Å²) in [4.78, 5) is 8.96. The first-order valence-corrected chi connectivity index (χ1v) is 12.6. The van der Waals surface area contributed by atoms with Crippen molar-refractivity contribution in [2.24, 2.45) is 0 Å². The first kappa shape index (κ1) is 21.6. The van der Waals surface area contributed by atoms with Crippen LogP contribution in [-0.4, -0.2) is 81.4 Å². The summed E-state index contributed by atoms with van der Waals surface area (Å²) >= 11 is 1.61. The Morgan fingerprint density at radius 1 is 1.16 bits per heavy atom. The molecule has 2 aromatic rings. The number of nitrogens with zero attached hydrogens (tertiary/aromatic N) is 5. The van der Waals surface area contributed by atoms with Crippen molar-refractivity contribution in [3.63, 3.8) is 0 Å². The SMILES string of the molecule is CSc1ncnn2c([C@H]3CCC(CN4CCC(F)(F)C[C@H]4CN4CCCC4)O3)ccc12. The molecule has 170 valence electrons. The topological polar surface area (TPSA) is 45.9 Å². The van der Waals surface area contributed by atoms with E-state index in [9.17, 15) is 8.78 Å². The van der Waals surface area contributed by atoms with Gasteiger partial charge >= 0.3 is 0 Å². The zero-order valence-electron chi connectivity index (χ0n) is 18.1. The van der Waals surface area contributed by atoms with Crippen molar-refractivity contribution in [2.45, 2.75) is 67.7 Å². The molecular weight excluding hydrogens is 420 g/mol. The molecule has 1 unspecified atom stereocenters. The molecular formula is C22H31F2N5OS. The molecule has 0 bridgehead atoms. The summed E-state index contributed by atoms with van der Waals surface area (Å²) in [5, 5.41) is 5.39. The third-order valence-corrected chi connectivity index (χ3v) is 7.70. The van der Waals surface area contributed by atoms with E-state index < -0.39 is 5.92 Å². The Labute approximate surface area is 186 Å². The second-order valence-corrected chi connectivity index (χ2v) is 9.91. The Morgan fingerprint density at radius 3 is 2.81 bits per heavy atom. The van der Waals surface area contributed by atoms with Crippen LogP contribution in [0.25, 0.3) is 5.52 Å². The fraction of sp³-hybridized carbons (Fsp3) is 0.727. The first-order valence-electron chi connectivity index (χ1n) is 11.4. The highest BCUT2D eigenvalue weighted by Gasteiger charge is 2.42. The Balaban J connectivity index is 1.25. The van der Waals surface area contributed by atoms with Gasteiger partial charge in [0, 0.05) is 38.5 Å². The van der Waals surface area contributed by atoms with Gasteiger partial charge in [-0.2, -0.15) is 5.10 Å². The quantitative estimate of drug-likeness (QED) is 0.622. The number of rotatable bonds is 6. The number of halogens is 2. The molecule has 31 heavy (non-hydrogen) atoms. The maximum absolute atomic E-state index is 14.2.